The van der Waals surface area contributed by atoms with Gasteiger partial charge in [0.1, 0.15) is 0 Å². The fourth-order valence-electron chi connectivity index (χ4n) is 4.43. The maximum Gasteiger partial charge on any atom is 0.253 e. The lowest BCUT2D eigenvalue weighted by molar-refractivity contribution is 0.0952. The average molecular weight is 442 g/mol. The summed E-state index contributed by atoms with van der Waals surface area (Å²) in [6.45, 7) is 8.44. The lowest BCUT2D eigenvalue weighted by Crippen LogP contribution is -2.28. The van der Waals surface area contributed by atoms with Gasteiger partial charge >= 0.3 is 0 Å². The lowest BCUT2D eigenvalue weighted by Gasteiger charge is -2.14. The summed E-state index contributed by atoms with van der Waals surface area (Å²) in [7, 11) is 0. The van der Waals surface area contributed by atoms with Crippen LogP contribution in [0.1, 0.15) is 60.4 Å². The van der Waals surface area contributed by atoms with Gasteiger partial charge in [0.2, 0.25) is 0 Å². The minimum Gasteiger partial charge on any atom is -0.348 e. The second-order valence-electron chi connectivity index (χ2n) is 8.86. The molecule has 2 N–H and O–H groups in total. The third-order valence-electron chi connectivity index (χ3n) is 6.05. The van der Waals surface area contributed by atoms with Crippen molar-refractivity contribution in [1.29, 1.82) is 0 Å². The summed E-state index contributed by atoms with van der Waals surface area (Å²) in [5, 5.41) is 3.93. The van der Waals surface area contributed by atoms with Gasteiger partial charge in [0.25, 0.3) is 11.5 Å². The second-order valence-corrected chi connectivity index (χ2v) is 8.86. The fourth-order valence-corrected chi connectivity index (χ4v) is 4.43. The van der Waals surface area contributed by atoms with E-state index in [4.69, 9.17) is 0 Å². The zero-order valence-electron chi connectivity index (χ0n) is 19.7. The summed E-state index contributed by atoms with van der Waals surface area (Å²) in [4.78, 5) is 28.9. The minimum atomic E-state index is -0.179. The van der Waals surface area contributed by atoms with E-state index in [1.807, 2.05) is 61.7 Å². The van der Waals surface area contributed by atoms with Crippen molar-refractivity contribution >= 4 is 16.8 Å². The Bertz CT molecular complexity index is 1350. The quantitative estimate of drug-likeness (QED) is 0.382. The normalized spacial score (nSPS) is 11.3. The van der Waals surface area contributed by atoms with Gasteiger partial charge in [-0.05, 0) is 68.1 Å². The van der Waals surface area contributed by atoms with Gasteiger partial charge in [-0.25, -0.2) is 0 Å². The van der Waals surface area contributed by atoms with E-state index in [1.165, 1.54) is 0 Å². The number of amides is 1. The molecule has 0 saturated heterocycles. The minimum absolute atomic E-state index is 0.132. The zero-order valence-corrected chi connectivity index (χ0v) is 19.7. The molecule has 0 spiro atoms. The van der Waals surface area contributed by atoms with E-state index in [0.717, 1.165) is 46.1 Å². The van der Waals surface area contributed by atoms with Crippen LogP contribution in [0.2, 0.25) is 0 Å². The van der Waals surface area contributed by atoms with Crippen LogP contribution < -0.4 is 10.9 Å². The van der Waals surface area contributed by atoms with Crippen LogP contribution in [0.25, 0.3) is 22.0 Å². The van der Waals surface area contributed by atoms with Crippen molar-refractivity contribution < 1.29 is 4.79 Å². The molecule has 1 amide bonds. The molecule has 0 atom stereocenters. The standard InChI is InChI=1S/C28H31N3O2/c1-5-9-21-14-19(4)30-28(33)25(21)17-29-27(32)24-15-22(20-10-7-6-8-11-20)16-26-23(24)12-13-31(26)18(2)3/h6-8,10-16,18H,5,9,17H2,1-4H3,(H,29,32)(H,30,33). The van der Waals surface area contributed by atoms with Crippen LogP contribution in [0.5, 0.6) is 0 Å². The molecule has 0 bridgehead atoms. The van der Waals surface area contributed by atoms with E-state index >= 15 is 0 Å². The molecule has 4 aromatic rings. The molecular formula is C28H31N3O2. The van der Waals surface area contributed by atoms with Gasteiger partial charge in [0, 0.05) is 46.5 Å². The number of aromatic amines is 1. The zero-order chi connectivity index (χ0) is 23.5. The number of rotatable bonds is 7. The summed E-state index contributed by atoms with van der Waals surface area (Å²) >= 11 is 0. The van der Waals surface area contributed by atoms with Crippen molar-refractivity contribution in [3.8, 4) is 11.1 Å². The van der Waals surface area contributed by atoms with Crippen LogP contribution in [0, 0.1) is 6.92 Å². The van der Waals surface area contributed by atoms with Crippen molar-refractivity contribution in [2.24, 2.45) is 0 Å². The molecule has 0 aliphatic carbocycles. The predicted molar refractivity (Wildman–Crippen MR) is 135 cm³/mol. The Hall–Kier alpha value is -3.60. The second kappa shape index (κ2) is 9.49. The number of hydrogen-bond donors (Lipinski definition) is 2. The summed E-state index contributed by atoms with van der Waals surface area (Å²) in [6, 6.07) is 18.5. The van der Waals surface area contributed by atoms with Gasteiger partial charge in [-0.2, -0.15) is 0 Å². The Labute approximate surface area is 194 Å². The van der Waals surface area contributed by atoms with Crippen molar-refractivity contribution in [2.45, 2.75) is 53.1 Å². The molecule has 4 rings (SSSR count). The van der Waals surface area contributed by atoms with E-state index < -0.39 is 0 Å². The molecule has 0 saturated carbocycles. The lowest BCUT2D eigenvalue weighted by atomic mass is 9.99. The van der Waals surface area contributed by atoms with E-state index in [9.17, 15) is 9.59 Å². The van der Waals surface area contributed by atoms with Crippen LogP contribution in [0.3, 0.4) is 0 Å². The fraction of sp³-hybridized carbons (Fsp3) is 0.286. The first kappa shape index (κ1) is 22.6. The van der Waals surface area contributed by atoms with Crippen molar-refractivity contribution in [3.05, 3.63) is 93.5 Å². The van der Waals surface area contributed by atoms with Gasteiger partial charge in [0.05, 0.1) is 0 Å². The molecule has 0 unspecified atom stereocenters. The van der Waals surface area contributed by atoms with Crippen molar-refractivity contribution in [1.82, 2.24) is 14.9 Å². The number of benzene rings is 2. The van der Waals surface area contributed by atoms with Gasteiger partial charge in [-0.3, -0.25) is 9.59 Å². The number of pyridine rings is 1. The number of carbonyl (C=O) groups is 1. The first-order chi connectivity index (χ1) is 15.9. The monoisotopic (exact) mass is 441 g/mol. The molecule has 5 heteroatoms. The molecule has 2 aromatic heterocycles. The molecule has 0 aliphatic rings. The number of fused-ring (bicyclic) bond motifs is 1. The highest BCUT2D eigenvalue weighted by Crippen LogP contribution is 2.30. The molecule has 0 aliphatic heterocycles. The Morgan fingerprint density at radius 1 is 1.06 bits per heavy atom. The highest BCUT2D eigenvalue weighted by Gasteiger charge is 2.17. The molecular weight excluding hydrogens is 410 g/mol. The van der Waals surface area contributed by atoms with Crippen LogP contribution in [-0.2, 0) is 13.0 Å². The predicted octanol–water partition coefficient (Wildman–Crippen LogP) is 5.77. The first-order valence-electron chi connectivity index (χ1n) is 11.6. The maximum absolute atomic E-state index is 13.4. The largest absolute Gasteiger partial charge is 0.348 e. The van der Waals surface area contributed by atoms with Crippen molar-refractivity contribution in [2.75, 3.05) is 0 Å². The third-order valence-corrected chi connectivity index (χ3v) is 6.05. The average Bonchev–Trinajstić information content (AvgIpc) is 3.23. The molecule has 0 radical (unpaired) electrons. The first-order valence-corrected chi connectivity index (χ1v) is 11.6. The highest BCUT2D eigenvalue weighted by molar-refractivity contribution is 6.08. The summed E-state index contributed by atoms with van der Waals surface area (Å²) in [5.41, 5.74) is 6.03. The Morgan fingerprint density at radius 3 is 2.52 bits per heavy atom. The van der Waals surface area contributed by atoms with E-state index in [-0.39, 0.29) is 24.1 Å². The smallest absolute Gasteiger partial charge is 0.253 e. The van der Waals surface area contributed by atoms with Crippen LogP contribution in [0.4, 0.5) is 0 Å². The molecule has 2 aromatic carbocycles. The SMILES string of the molecule is CCCc1cc(C)[nH]c(=O)c1CNC(=O)c1cc(-c2ccccc2)cc2c1ccn2C(C)C. The molecule has 2 heterocycles. The Balaban J connectivity index is 1.74. The van der Waals surface area contributed by atoms with Crippen molar-refractivity contribution in [3.63, 3.8) is 0 Å². The molecule has 0 fully saturated rings. The van der Waals surface area contributed by atoms with Crippen LogP contribution in [-0.4, -0.2) is 15.5 Å². The summed E-state index contributed by atoms with van der Waals surface area (Å²) in [6.07, 6.45) is 3.78. The topological polar surface area (TPSA) is 66.9 Å². The van der Waals surface area contributed by atoms with Gasteiger partial charge in [0.15, 0.2) is 0 Å². The van der Waals surface area contributed by atoms with Gasteiger partial charge in [-0.1, -0.05) is 43.7 Å². The Morgan fingerprint density at radius 2 is 1.82 bits per heavy atom. The number of hydrogen-bond acceptors (Lipinski definition) is 2. The Kier molecular flexibility index (Phi) is 6.50. The summed E-state index contributed by atoms with van der Waals surface area (Å²) < 4.78 is 2.18. The number of H-pyrrole nitrogens is 1. The number of carbonyl (C=O) groups excluding carboxylic acids is 1. The molecule has 5 nitrogen and oxygen atoms in total. The maximum atomic E-state index is 13.4. The van der Waals surface area contributed by atoms with E-state index in [0.29, 0.717) is 11.1 Å². The number of nitrogens with one attached hydrogen (secondary N) is 2. The molecule has 33 heavy (non-hydrogen) atoms. The van der Waals surface area contributed by atoms with Gasteiger partial charge in [-0.15, -0.1) is 0 Å². The third kappa shape index (κ3) is 4.63. The highest BCUT2D eigenvalue weighted by atomic mass is 16.1. The number of nitrogens with zero attached hydrogens (tertiary/aromatic N) is 1. The van der Waals surface area contributed by atoms with Crippen LogP contribution >= 0.6 is 0 Å². The number of aryl methyl sites for hydroxylation is 2. The molecule has 170 valence electrons. The summed E-state index contributed by atoms with van der Waals surface area (Å²) in [5.74, 6) is -0.179. The van der Waals surface area contributed by atoms with Crippen LogP contribution in [0.15, 0.2) is 65.6 Å². The van der Waals surface area contributed by atoms with Gasteiger partial charge < -0.3 is 14.9 Å². The van der Waals surface area contributed by atoms with E-state index in [1.54, 1.807) is 0 Å². The van der Waals surface area contributed by atoms with E-state index in [2.05, 4.69) is 41.7 Å². The number of aromatic nitrogens is 2.